The fourth-order valence-corrected chi connectivity index (χ4v) is 3.15. The first kappa shape index (κ1) is 23.8. The standard InChI is InChI=1S/C21H41ClO2/c1-3-4-5-6-7-8-9-10-11-12-13-14-15-18-21(23)24-20(2)17-16-19-22/h20H,3-19H2,1-2H3. The summed E-state index contributed by atoms with van der Waals surface area (Å²) in [4.78, 5) is 11.7. The van der Waals surface area contributed by atoms with E-state index >= 15 is 0 Å². The molecule has 0 amide bonds. The Morgan fingerprint density at radius 2 is 1.25 bits per heavy atom. The number of unbranched alkanes of at least 4 members (excludes halogenated alkanes) is 12. The maximum atomic E-state index is 11.7. The highest BCUT2D eigenvalue weighted by Crippen LogP contribution is 2.13. The zero-order valence-corrected chi connectivity index (χ0v) is 17.0. The molecule has 0 saturated carbocycles. The Hall–Kier alpha value is -0.240. The summed E-state index contributed by atoms with van der Waals surface area (Å²) < 4.78 is 5.36. The van der Waals surface area contributed by atoms with E-state index in [1.165, 1.54) is 70.6 Å². The van der Waals surface area contributed by atoms with Crippen LogP contribution in [0, 0.1) is 0 Å². The number of hydrogen-bond acceptors (Lipinski definition) is 2. The Morgan fingerprint density at radius 1 is 0.792 bits per heavy atom. The van der Waals surface area contributed by atoms with E-state index in [0.717, 1.165) is 25.7 Å². The van der Waals surface area contributed by atoms with Crippen LogP contribution in [0.3, 0.4) is 0 Å². The van der Waals surface area contributed by atoms with Gasteiger partial charge in [0.1, 0.15) is 0 Å². The lowest BCUT2D eigenvalue weighted by atomic mass is 10.0. The normalized spacial score (nSPS) is 12.3. The molecule has 3 heteroatoms. The molecular weight excluding hydrogens is 320 g/mol. The van der Waals surface area contributed by atoms with Gasteiger partial charge in [-0.2, -0.15) is 0 Å². The Morgan fingerprint density at radius 3 is 1.71 bits per heavy atom. The van der Waals surface area contributed by atoms with Gasteiger partial charge in [-0.1, -0.05) is 84.0 Å². The zero-order chi connectivity index (χ0) is 17.9. The number of ether oxygens (including phenoxy) is 1. The van der Waals surface area contributed by atoms with Crippen molar-refractivity contribution in [1.29, 1.82) is 0 Å². The minimum absolute atomic E-state index is 0.0122. The lowest BCUT2D eigenvalue weighted by Crippen LogP contribution is -2.14. The summed E-state index contributed by atoms with van der Waals surface area (Å²) >= 11 is 5.64. The van der Waals surface area contributed by atoms with E-state index in [1.807, 2.05) is 6.92 Å². The van der Waals surface area contributed by atoms with Gasteiger partial charge in [0.2, 0.25) is 0 Å². The number of alkyl halides is 1. The minimum Gasteiger partial charge on any atom is -0.463 e. The molecule has 0 aliphatic rings. The number of rotatable bonds is 18. The summed E-state index contributed by atoms with van der Waals surface area (Å²) in [6.07, 6.45) is 19.6. The second kappa shape index (κ2) is 19.1. The molecule has 0 bridgehead atoms. The molecule has 0 saturated heterocycles. The second-order valence-electron chi connectivity index (χ2n) is 7.12. The zero-order valence-electron chi connectivity index (χ0n) is 16.3. The van der Waals surface area contributed by atoms with E-state index in [1.54, 1.807) is 0 Å². The van der Waals surface area contributed by atoms with Crippen LogP contribution in [0.25, 0.3) is 0 Å². The molecule has 0 fully saturated rings. The van der Waals surface area contributed by atoms with Gasteiger partial charge in [0.15, 0.2) is 0 Å². The van der Waals surface area contributed by atoms with Crippen molar-refractivity contribution < 1.29 is 9.53 Å². The van der Waals surface area contributed by atoms with Crippen LogP contribution < -0.4 is 0 Å². The second-order valence-corrected chi connectivity index (χ2v) is 7.50. The van der Waals surface area contributed by atoms with Crippen LogP contribution in [0.5, 0.6) is 0 Å². The molecule has 0 aromatic heterocycles. The smallest absolute Gasteiger partial charge is 0.306 e. The Labute approximate surface area is 156 Å². The SMILES string of the molecule is CCCCCCCCCCCCCCCC(=O)OC(C)CCCCl. The Kier molecular flexibility index (Phi) is 18.9. The maximum absolute atomic E-state index is 11.7. The fourth-order valence-electron chi connectivity index (χ4n) is 2.99. The number of carbonyl (C=O) groups excluding carboxylic acids is 1. The molecule has 0 radical (unpaired) electrons. The largest absolute Gasteiger partial charge is 0.463 e. The van der Waals surface area contributed by atoms with Crippen LogP contribution in [0.15, 0.2) is 0 Å². The average Bonchev–Trinajstić information content (AvgIpc) is 2.57. The Bertz CT molecular complexity index is 269. The highest BCUT2D eigenvalue weighted by atomic mass is 35.5. The van der Waals surface area contributed by atoms with E-state index in [2.05, 4.69) is 6.92 Å². The van der Waals surface area contributed by atoms with Crippen molar-refractivity contribution in [3.05, 3.63) is 0 Å². The topological polar surface area (TPSA) is 26.3 Å². The summed E-state index contributed by atoms with van der Waals surface area (Å²) in [5.41, 5.74) is 0. The van der Waals surface area contributed by atoms with Crippen LogP contribution in [-0.2, 0) is 9.53 Å². The van der Waals surface area contributed by atoms with E-state index in [4.69, 9.17) is 16.3 Å². The van der Waals surface area contributed by atoms with E-state index in [-0.39, 0.29) is 12.1 Å². The number of hydrogen-bond donors (Lipinski definition) is 0. The average molecular weight is 361 g/mol. The maximum Gasteiger partial charge on any atom is 0.306 e. The van der Waals surface area contributed by atoms with Crippen molar-refractivity contribution in [3.8, 4) is 0 Å². The highest BCUT2D eigenvalue weighted by Gasteiger charge is 2.08. The molecule has 0 aromatic rings. The van der Waals surface area contributed by atoms with E-state index < -0.39 is 0 Å². The predicted octanol–water partition coefficient (Wildman–Crippen LogP) is 7.42. The molecule has 0 spiro atoms. The fraction of sp³-hybridized carbons (Fsp3) is 0.952. The minimum atomic E-state index is -0.0415. The van der Waals surface area contributed by atoms with Gasteiger partial charge in [-0.3, -0.25) is 4.79 Å². The molecule has 0 heterocycles. The van der Waals surface area contributed by atoms with E-state index in [9.17, 15) is 4.79 Å². The van der Waals surface area contributed by atoms with Gasteiger partial charge < -0.3 is 4.74 Å². The van der Waals surface area contributed by atoms with Gasteiger partial charge in [-0.05, 0) is 26.2 Å². The van der Waals surface area contributed by atoms with E-state index in [0.29, 0.717) is 12.3 Å². The van der Waals surface area contributed by atoms with Gasteiger partial charge in [0, 0.05) is 12.3 Å². The summed E-state index contributed by atoms with van der Waals surface area (Å²) in [6.45, 7) is 4.22. The molecule has 0 aliphatic carbocycles. The molecule has 2 nitrogen and oxygen atoms in total. The quantitative estimate of drug-likeness (QED) is 0.144. The summed E-state index contributed by atoms with van der Waals surface area (Å²) in [5.74, 6) is 0.598. The van der Waals surface area contributed by atoms with Crippen molar-refractivity contribution in [2.24, 2.45) is 0 Å². The summed E-state index contributed by atoms with van der Waals surface area (Å²) in [5, 5.41) is 0. The van der Waals surface area contributed by atoms with Gasteiger partial charge in [-0.15, -0.1) is 11.6 Å². The van der Waals surface area contributed by atoms with Gasteiger partial charge in [0.25, 0.3) is 0 Å². The third-order valence-corrected chi connectivity index (χ3v) is 4.83. The van der Waals surface area contributed by atoms with Gasteiger partial charge >= 0.3 is 5.97 Å². The monoisotopic (exact) mass is 360 g/mol. The van der Waals surface area contributed by atoms with Crippen molar-refractivity contribution in [2.45, 2.75) is 123 Å². The molecule has 0 rings (SSSR count). The van der Waals surface area contributed by atoms with Crippen molar-refractivity contribution in [1.82, 2.24) is 0 Å². The first-order chi connectivity index (χ1) is 11.7. The molecule has 0 N–H and O–H groups in total. The molecule has 24 heavy (non-hydrogen) atoms. The lowest BCUT2D eigenvalue weighted by Gasteiger charge is -2.12. The van der Waals surface area contributed by atoms with Crippen LogP contribution in [-0.4, -0.2) is 18.0 Å². The number of halogens is 1. The van der Waals surface area contributed by atoms with Crippen LogP contribution >= 0.6 is 11.6 Å². The first-order valence-electron chi connectivity index (χ1n) is 10.5. The summed E-state index contributed by atoms with van der Waals surface area (Å²) in [6, 6.07) is 0. The van der Waals surface area contributed by atoms with Crippen LogP contribution in [0.2, 0.25) is 0 Å². The Balaban J connectivity index is 3.20. The molecule has 144 valence electrons. The molecular formula is C21H41ClO2. The third kappa shape index (κ3) is 18.1. The lowest BCUT2D eigenvalue weighted by molar-refractivity contribution is -0.148. The highest BCUT2D eigenvalue weighted by molar-refractivity contribution is 6.17. The van der Waals surface area contributed by atoms with Crippen LogP contribution in [0.1, 0.15) is 117 Å². The van der Waals surface area contributed by atoms with Gasteiger partial charge in [0.05, 0.1) is 6.10 Å². The van der Waals surface area contributed by atoms with Crippen molar-refractivity contribution in [2.75, 3.05) is 5.88 Å². The predicted molar refractivity (Wildman–Crippen MR) is 106 cm³/mol. The molecule has 0 aromatic carbocycles. The molecule has 1 unspecified atom stereocenters. The van der Waals surface area contributed by atoms with Crippen molar-refractivity contribution >= 4 is 17.6 Å². The van der Waals surface area contributed by atoms with Crippen LogP contribution in [0.4, 0.5) is 0 Å². The first-order valence-corrected chi connectivity index (χ1v) is 11.0. The third-order valence-electron chi connectivity index (χ3n) is 4.56. The summed E-state index contributed by atoms with van der Waals surface area (Å²) in [7, 11) is 0. The number of carbonyl (C=O) groups is 1. The molecule has 0 aliphatic heterocycles. The number of esters is 1. The molecule has 1 atom stereocenters. The van der Waals surface area contributed by atoms with Gasteiger partial charge in [-0.25, -0.2) is 0 Å². The van der Waals surface area contributed by atoms with Crippen molar-refractivity contribution in [3.63, 3.8) is 0 Å².